The smallest absolute Gasteiger partial charge is 0.303 e. The van der Waals surface area contributed by atoms with Crippen molar-refractivity contribution in [2.75, 3.05) is 0 Å². The Morgan fingerprint density at radius 3 is 2.62 bits per heavy atom. The molecule has 1 saturated heterocycles. The fraction of sp³-hybridized carbons (Fsp3) is 0.500. The maximum atomic E-state index is 9.93. The number of rotatable bonds is 2. The van der Waals surface area contributed by atoms with E-state index in [1.807, 2.05) is 0 Å². The van der Waals surface area contributed by atoms with Gasteiger partial charge in [0.15, 0.2) is 0 Å². The summed E-state index contributed by atoms with van der Waals surface area (Å²) in [5.41, 5.74) is 0. The molecule has 0 radical (unpaired) electrons. The Morgan fingerprint density at radius 2 is 2.25 bits per heavy atom. The quantitative estimate of drug-likeness (QED) is 0.418. The Bertz CT molecular complexity index is 114. The van der Waals surface area contributed by atoms with E-state index >= 15 is 0 Å². The highest BCUT2D eigenvalue weighted by Gasteiger charge is 2.45. The summed E-state index contributed by atoms with van der Waals surface area (Å²) in [4.78, 5) is 9.55. The van der Waals surface area contributed by atoms with Gasteiger partial charge in [-0.2, -0.15) is 0 Å². The van der Waals surface area contributed by atoms with Crippen molar-refractivity contribution in [2.45, 2.75) is 6.41 Å². The first-order chi connectivity index (χ1) is 3.83. The van der Waals surface area contributed by atoms with Gasteiger partial charge in [0.05, 0.1) is 0 Å². The largest absolute Gasteiger partial charge is 0.707 e. The Balaban J connectivity index is 2.15. The Hall–Kier alpha value is -0.510. The number of carbonyl (C=O) groups is 1. The van der Waals surface area contributed by atoms with Crippen molar-refractivity contribution >= 4 is 14.7 Å². The van der Waals surface area contributed by atoms with Gasteiger partial charge in [0, 0.05) is 4.57 Å². The van der Waals surface area contributed by atoms with Gasteiger partial charge < -0.3 is 5.32 Å². The molecule has 1 aliphatic rings. The number of amides is 1. The molecule has 0 atom stereocenters. The van der Waals surface area contributed by atoms with Crippen LogP contribution in [0.4, 0.5) is 0 Å². The highest BCUT2D eigenvalue weighted by atomic mass is 31.1. The van der Waals surface area contributed by atoms with E-state index in [2.05, 4.69) is 14.4 Å². The minimum absolute atomic E-state index is 0.410. The van der Waals surface area contributed by atoms with Crippen molar-refractivity contribution in [1.29, 1.82) is 0 Å². The molecule has 0 aromatic rings. The van der Waals surface area contributed by atoms with Crippen LogP contribution in [0, 0.1) is 0 Å². The van der Waals surface area contributed by atoms with E-state index in [0.29, 0.717) is 6.41 Å². The lowest BCUT2D eigenvalue weighted by Gasteiger charge is -2.07. The second kappa shape index (κ2) is 2.17. The summed E-state index contributed by atoms with van der Waals surface area (Å²) < 4.78 is 18.6. The summed E-state index contributed by atoms with van der Waals surface area (Å²) in [6.45, 7) is 0. The molecule has 1 heterocycles. The summed E-state index contributed by atoms with van der Waals surface area (Å²) in [5, 5.41) is 2.10. The third kappa shape index (κ3) is 1.01. The SMILES string of the molecule is O=CNC1O[P+](=O)O1. The van der Waals surface area contributed by atoms with Crippen molar-refractivity contribution < 1.29 is 18.4 Å². The van der Waals surface area contributed by atoms with Gasteiger partial charge in [0.1, 0.15) is 0 Å². The van der Waals surface area contributed by atoms with Crippen LogP contribution in [0.5, 0.6) is 0 Å². The minimum Gasteiger partial charge on any atom is -0.303 e. The van der Waals surface area contributed by atoms with Gasteiger partial charge in [-0.05, 0) is 0 Å². The maximum Gasteiger partial charge on any atom is 0.707 e. The number of hydrogen-bond donors (Lipinski definition) is 1. The molecular weight excluding hydrogens is 133 g/mol. The molecule has 0 aliphatic carbocycles. The second-order valence-electron chi connectivity index (χ2n) is 1.05. The van der Waals surface area contributed by atoms with Crippen LogP contribution < -0.4 is 5.32 Å². The third-order valence-corrected chi connectivity index (χ3v) is 1.29. The molecule has 0 unspecified atom stereocenters. The predicted molar refractivity (Wildman–Crippen MR) is 22.8 cm³/mol. The topological polar surface area (TPSA) is 64.6 Å². The van der Waals surface area contributed by atoms with Crippen molar-refractivity contribution in [1.82, 2.24) is 5.32 Å². The zero-order chi connectivity index (χ0) is 5.98. The first-order valence-corrected chi connectivity index (χ1v) is 2.93. The van der Waals surface area contributed by atoms with E-state index in [0.717, 1.165) is 0 Å². The van der Waals surface area contributed by atoms with Crippen molar-refractivity contribution in [3.63, 3.8) is 0 Å². The number of nitrogens with one attached hydrogen (secondary N) is 1. The Labute approximate surface area is 45.9 Å². The van der Waals surface area contributed by atoms with E-state index in [1.165, 1.54) is 0 Å². The average Bonchev–Trinajstić information content (AvgIpc) is 1.64. The average molecular weight is 136 g/mol. The standard InChI is InChI=1S/C2H2NO4P/c4-1-3-2-6-8(5)7-2/h1-2H/p+1. The predicted octanol–water partition coefficient (Wildman–Crippen LogP) is -0.280. The van der Waals surface area contributed by atoms with Crippen molar-refractivity contribution in [3.05, 3.63) is 0 Å². The Kier molecular flexibility index (Phi) is 1.53. The summed E-state index contributed by atoms with van der Waals surface area (Å²) in [5.74, 6) is 0. The first-order valence-electron chi connectivity index (χ1n) is 1.83. The highest BCUT2D eigenvalue weighted by Crippen LogP contribution is 2.37. The molecule has 8 heavy (non-hydrogen) atoms. The Morgan fingerprint density at radius 1 is 1.62 bits per heavy atom. The molecule has 1 N–H and O–H groups in total. The van der Waals surface area contributed by atoms with Crippen molar-refractivity contribution in [2.24, 2.45) is 0 Å². The summed E-state index contributed by atoms with van der Waals surface area (Å²) in [6, 6.07) is 0. The van der Waals surface area contributed by atoms with Gasteiger partial charge in [-0.15, -0.1) is 0 Å². The zero-order valence-corrected chi connectivity index (χ0v) is 4.63. The van der Waals surface area contributed by atoms with Crippen molar-refractivity contribution in [3.8, 4) is 0 Å². The highest BCUT2D eigenvalue weighted by molar-refractivity contribution is 7.34. The van der Waals surface area contributed by atoms with E-state index in [-0.39, 0.29) is 0 Å². The molecule has 1 fully saturated rings. The van der Waals surface area contributed by atoms with E-state index in [9.17, 15) is 9.36 Å². The van der Waals surface area contributed by atoms with Gasteiger partial charge in [0.2, 0.25) is 6.41 Å². The van der Waals surface area contributed by atoms with Crippen LogP contribution in [0.15, 0.2) is 0 Å². The number of hydrogen-bond acceptors (Lipinski definition) is 4. The molecule has 1 rings (SSSR count). The van der Waals surface area contributed by atoms with Gasteiger partial charge in [0.25, 0.3) is 0 Å². The molecule has 0 spiro atoms. The molecule has 0 aromatic heterocycles. The van der Waals surface area contributed by atoms with E-state index in [1.54, 1.807) is 0 Å². The lowest BCUT2D eigenvalue weighted by atomic mass is 11.0. The van der Waals surface area contributed by atoms with Crippen LogP contribution in [0.3, 0.4) is 0 Å². The van der Waals surface area contributed by atoms with Crippen LogP contribution in [-0.4, -0.2) is 12.8 Å². The van der Waals surface area contributed by atoms with Crippen LogP contribution in [0.2, 0.25) is 0 Å². The van der Waals surface area contributed by atoms with Gasteiger partial charge >= 0.3 is 14.7 Å². The van der Waals surface area contributed by atoms with Crippen LogP contribution in [-0.2, 0) is 18.4 Å². The van der Waals surface area contributed by atoms with Gasteiger partial charge in [-0.3, -0.25) is 4.79 Å². The maximum absolute atomic E-state index is 9.93. The zero-order valence-electron chi connectivity index (χ0n) is 3.73. The van der Waals surface area contributed by atoms with Gasteiger partial charge in [-0.1, -0.05) is 9.05 Å². The van der Waals surface area contributed by atoms with Crippen LogP contribution in [0.1, 0.15) is 0 Å². The van der Waals surface area contributed by atoms with Gasteiger partial charge in [-0.25, -0.2) is 0 Å². The lowest BCUT2D eigenvalue weighted by Crippen LogP contribution is -2.35. The minimum atomic E-state index is -1.94. The fourth-order valence-corrected chi connectivity index (χ4v) is 0.731. The molecular formula is C2H3NO4P+. The molecule has 44 valence electrons. The van der Waals surface area contributed by atoms with Crippen LogP contribution in [0.25, 0.3) is 0 Å². The molecule has 0 bridgehead atoms. The monoisotopic (exact) mass is 136 g/mol. The summed E-state index contributed by atoms with van der Waals surface area (Å²) in [6.07, 6.45) is -0.386. The fourth-order valence-electron chi connectivity index (χ4n) is 0.281. The molecule has 1 amide bonds. The van der Waals surface area contributed by atoms with Crippen LogP contribution >= 0.6 is 8.25 Å². The normalized spacial score (nSPS) is 31.0. The van der Waals surface area contributed by atoms with E-state index in [4.69, 9.17) is 0 Å². The second-order valence-corrected chi connectivity index (χ2v) is 1.92. The van der Waals surface area contributed by atoms with E-state index < -0.39 is 14.7 Å². The molecule has 5 nitrogen and oxygen atoms in total. The third-order valence-electron chi connectivity index (χ3n) is 0.568. The summed E-state index contributed by atoms with van der Waals surface area (Å²) >= 11 is 0. The summed E-state index contributed by atoms with van der Waals surface area (Å²) in [7, 11) is -1.94. The molecule has 1 aliphatic heterocycles. The number of carbonyl (C=O) groups excluding carboxylic acids is 1. The molecule has 6 heteroatoms. The molecule has 0 saturated carbocycles. The lowest BCUT2D eigenvalue weighted by molar-refractivity contribution is -0.129. The molecule has 0 aromatic carbocycles. The first kappa shape index (κ1) is 5.62.